The van der Waals surface area contributed by atoms with Gasteiger partial charge in [0.05, 0.1) is 17.7 Å². The van der Waals surface area contributed by atoms with Crippen LogP contribution in [0.1, 0.15) is 6.42 Å². The zero-order chi connectivity index (χ0) is 14.0. The van der Waals surface area contributed by atoms with E-state index in [9.17, 15) is 8.42 Å². The smallest absolute Gasteiger partial charge is 0.243 e. The second kappa shape index (κ2) is 5.36. The van der Waals surface area contributed by atoms with Crippen molar-refractivity contribution in [2.24, 2.45) is 5.92 Å². The molecular weight excluding hydrogens is 268 g/mol. The van der Waals surface area contributed by atoms with Gasteiger partial charge in [0.15, 0.2) is 0 Å². The number of rotatable bonds is 4. The number of nitrogens with zero attached hydrogens (tertiary/aromatic N) is 1. The van der Waals surface area contributed by atoms with E-state index in [1.165, 1.54) is 29.6 Å². The Morgan fingerprint density at radius 3 is 2.84 bits per heavy atom. The molecule has 0 radical (unpaired) electrons. The lowest BCUT2D eigenvalue weighted by Crippen LogP contribution is -2.29. The van der Waals surface area contributed by atoms with Crippen molar-refractivity contribution in [2.45, 2.75) is 11.3 Å². The first kappa shape index (κ1) is 14.1. The topological polar surface area (TPSA) is 92.9 Å². The van der Waals surface area contributed by atoms with Crippen molar-refractivity contribution in [3.8, 4) is 5.75 Å². The third kappa shape index (κ3) is 2.68. The van der Waals surface area contributed by atoms with E-state index >= 15 is 0 Å². The first-order valence-corrected chi connectivity index (χ1v) is 7.47. The highest BCUT2D eigenvalue weighted by atomic mass is 32.2. The molecule has 1 aromatic rings. The van der Waals surface area contributed by atoms with Crippen LogP contribution in [0, 0.1) is 5.92 Å². The summed E-state index contributed by atoms with van der Waals surface area (Å²) < 4.78 is 31.3. The molecule has 19 heavy (non-hydrogen) atoms. The molecule has 0 aliphatic carbocycles. The number of nitrogens with two attached hydrogens (primary N) is 1. The molecule has 3 N–H and O–H groups in total. The molecule has 1 heterocycles. The number of aliphatic hydroxyl groups is 1. The number of anilines is 1. The first-order chi connectivity index (χ1) is 8.98. The Kier molecular flexibility index (Phi) is 3.98. The Labute approximate surface area is 112 Å². The Hall–Kier alpha value is -1.31. The van der Waals surface area contributed by atoms with Gasteiger partial charge in [-0.05, 0) is 24.5 Å². The lowest BCUT2D eigenvalue weighted by Gasteiger charge is -2.17. The van der Waals surface area contributed by atoms with Crippen LogP contribution in [-0.2, 0) is 10.0 Å². The van der Waals surface area contributed by atoms with Crippen molar-refractivity contribution < 1.29 is 18.3 Å². The molecule has 0 spiro atoms. The molecule has 0 saturated carbocycles. The minimum atomic E-state index is -3.54. The molecule has 6 nitrogen and oxygen atoms in total. The molecule has 1 aliphatic rings. The lowest BCUT2D eigenvalue weighted by molar-refractivity contribution is 0.233. The van der Waals surface area contributed by atoms with Crippen molar-refractivity contribution in [2.75, 3.05) is 32.5 Å². The van der Waals surface area contributed by atoms with Crippen molar-refractivity contribution in [3.05, 3.63) is 18.2 Å². The average molecular weight is 286 g/mol. The van der Waals surface area contributed by atoms with Gasteiger partial charge in [0, 0.05) is 25.8 Å². The van der Waals surface area contributed by atoms with Crippen LogP contribution < -0.4 is 10.5 Å². The number of benzene rings is 1. The Morgan fingerprint density at radius 2 is 2.26 bits per heavy atom. The number of aliphatic hydroxyl groups excluding tert-OH is 1. The summed E-state index contributed by atoms with van der Waals surface area (Å²) in [4.78, 5) is 0.164. The van der Waals surface area contributed by atoms with Crippen LogP contribution in [0.25, 0.3) is 0 Å². The monoisotopic (exact) mass is 286 g/mol. The second-order valence-electron chi connectivity index (χ2n) is 4.60. The van der Waals surface area contributed by atoms with E-state index < -0.39 is 10.0 Å². The maximum Gasteiger partial charge on any atom is 0.243 e. The third-order valence-corrected chi connectivity index (χ3v) is 5.21. The van der Waals surface area contributed by atoms with E-state index in [1.807, 2.05) is 0 Å². The van der Waals surface area contributed by atoms with E-state index in [1.54, 1.807) is 0 Å². The Bertz CT molecular complexity index is 559. The van der Waals surface area contributed by atoms with E-state index in [4.69, 9.17) is 15.6 Å². The molecule has 0 bridgehead atoms. The van der Waals surface area contributed by atoms with Gasteiger partial charge in [-0.3, -0.25) is 0 Å². The van der Waals surface area contributed by atoms with Gasteiger partial charge >= 0.3 is 0 Å². The SMILES string of the molecule is COc1cc(S(=O)(=O)N2CCC(CO)C2)ccc1N. The predicted octanol–water partition coefficient (Wildman–Crippen LogP) is 0.280. The van der Waals surface area contributed by atoms with Crippen molar-refractivity contribution in [1.82, 2.24) is 4.31 Å². The molecule has 0 aromatic heterocycles. The fourth-order valence-electron chi connectivity index (χ4n) is 2.17. The zero-order valence-corrected chi connectivity index (χ0v) is 11.6. The van der Waals surface area contributed by atoms with E-state index in [-0.39, 0.29) is 17.4 Å². The Morgan fingerprint density at radius 1 is 1.53 bits per heavy atom. The number of ether oxygens (including phenoxy) is 1. The highest BCUT2D eigenvalue weighted by Crippen LogP contribution is 2.29. The summed E-state index contributed by atoms with van der Waals surface area (Å²) in [6.07, 6.45) is 0.682. The fourth-order valence-corrected chi connectivity index (χ4v) is 3.71. The first-order valence-electron chi connectivity index (χ1n) is 6.03. The minimum absolute atomic E-state index is 0.0110. The molecule has 7 heteroatoms. The number of hydrogen-bond donors (Lipinski definition) is 2. The van der Waals surface area contributed by atoms with Crippen molar-refractivity contribution in [3.63, 3.8) is 0 Å². The molecule has 1 aliphatic heterocycles. The van der Waals surface area contributed by atoms with Crippen molar-refractivity contribution in [1.29, 1.82) is 0 Å². The average Bonchev–Trinajstić information content (AvgIpc) is 2.88. The number of hydrogen-bond acceptors (Lipinski definition) is 5. The molecule has 2 rings (SSSR count). The van der Waals surface area contributed by atoms with E-state index in [2.05, 4.69) is 0 Å². The van der Waals surface area contributed by atoms with Crippen LogP contribution >= 0.6 is 0 Å². The summed E-state index contributed by atoms with van der Waals surface area (Å²) in [5, 5.41) is 9.08. The normalized spacial score (nSPS) is 20.6. The summed E-state index contributed by atoms with van der Waals surface area (Å²) in [7, 11) is -2.10. The molecule has 106 valence electrons. The lowest BCUT2D eigenvalue weighted by atomic mass is 10.1. The fraction of sp³-hybridized carbons (Fsp3) is 0.500. The van der Waals surface area contributed by atoms with E-state index in [0.29, 0.717) is 30.9 Å². The van der Waals surface area contributed by atoms with Crippen LogP contribution in [-0.4, -0.2) is 44.6 Å². The van der Waals surface area contributed by atoms with Gasteiger partial charge in [-0.15, -0.1) is 0 Å². The van der Waals surface area contributed by atoms with Gasteiger partial charge in [0.2, 0.25) is 10.0 Å². The highest BCUT2D eigenvalue weighted by Gasteiger charge is 2.32. The van der Waals surface area contributed by atoms with Gasteiger partial charge in [-0.2, -0.15) is 4.31 Å². The van der Waals surface area contributed by atoms with E-state index in [0.717, 1.165) is 0 Å². The molecule has 1 atom stereocenters. The zero-order valence-electron chi connectivity index (χ0n) is 10.7. The van der Waals surface area contributed by atoms with Gasteiger partial charge in [-0.1, -0.05) is 0 Å². The molecule has 1 aromatic carbocycles. The summed E-state index contributed by atoms with van der Waals surface area (Å²) in [5.74, 6) is 0.365. The molecule has 1 saturated heterocycles. The number of methoxy groups -OCH3 is 1. The third-order valence-electron chi connectivity index (χ3n) is 3.35. The molecular formula is C12H18N2O4S. The van der Waals surface area contributed by atoms with Gasteiger partial charge < -0.3 is 15.6 Å². The van der Waals surface area contributed by atoms with Crippen LogP contribution in [0.4, 0.5) is 5.69 Å². The minimum Gasteiger partial charge on any atom is -0.495 e. The standard InChI is InChI=1S/C12H18N2O4S/c1-18-12-6-10(2-3-11(12)13)19(16,17)14-5-4-9(7-14)8-15/h2-3,6,9,15H,4-5,7-8,13H2,1H3. The Balaban J connectivity index is 2.30. The van der Waals surface area contributed by atoms with Gasteiger partial charge in [-0.25, -0.2) is 8.42 Å². The van der Waals surface area contributed by atoms with Crippen LogP contribution in [0.3, 0.4) is 0 Å². The van der Waals surface area contributed by atoms with Gasteiger partial charge in [0.25, 0.3) is 0 Å². The largest absolute Gasteiger partial charge is 0.495 e. The van der Waals surface area contributed by atoms with Crippen LogP contribution in [0.15, 0.2) is 23.1 Å². The molecule has 0 amide bonds. The number of nitrogen functional groups attached to an aromatic ring is 1. The molecule has 1 fully saturated rings. The summed E-state index contributed by atoms with van der Waals surface area (Å²) in [6.45, 7) is 0.795. The summed E-state index contributed by atoms with van der Waals surface area (Å²) in [5.41, 5.74) is 6.07. The highest BCUT2D eigenvalue weighted by molar-refractivity contribution is 7.89. The van der Waals surface area contributed by atoms with Crippen LogP contribution in [0.5, 0.6) is 5.75 Å². The maximum absolute atomic E-state index is 12.4. The predicted molar refractivity (Wildman–Crippen MR) is 71.4 cm³/mol. The quantitative estimate of drug-likeness (QED) is 0.776. The van der Waals surface area contributed by atoms with Gasteiger partial charge in [0.1, 0.15) is 5.75 Å². The number of sulfonamides is 1. The van der Waals surface area contributed by atoms with Crippen LogP contribution in [0.2, 0.25) is 0 Å². The molecule has 1 unspecified atom stereocenters. The summed E-state index contributed by atoms with van der Waals surface area (Å²) >= 11 is 0. The maximum atomic E-state index is 12.4. The summed E-state index contributed by atoms with van der Waals surface area (Å²) in [6, 6.07) is 4.42. The second-order valence-corrected chi connectivity index (χ2v) is 6.54. The van der Waals surface area contributed by atoms with Crippen molar-refractivity contribution >= 4 is 15.7 Å².